The highest BCUT2D eigenvalue weighted by atomic mass is 32.2. The molecule has 1 aromatic rings. The molecule has 112 valence electrons. The number of benzene rings is 1. The van der Waals surface area contributed by atoms with Gasteiger partial charge >= 0.3 is 5.97 Å². The second-order valence-electron chi connectivity index (χ2n) is 4.26. The van der Waals surface area contributed by atoms with Crippen LogP contribution in [0.3, 0.4) is 0 Å². The summed E-state index contributed by atoms with van der Waals surface area (Å²) in [6.07, 6.45) is 2.80. The number of rotatable bonds is 9. The molecule has 1 rings (SSSR count). The van der Waals surface area contributed by atoms with Gasteiger partial charge < -0.3 is 9.84 Å². The molecule has 0 radical (unpaired) electrons. The van der Waals surface area contributed by atoms with Gasteiger partial charge in [0.25, 0.3) is 0 Å². The van der Waals surface area contributed by atoms with E-state index in [0.29, 0.717) is 12.3 Å². The van der Waals surface area contributed by atoms with Crippen molar-refractivity contribution in [3.63, 3.8) is 0 Å². The van der Waals surface area contributed by atoms with Gasteiger partial charge in [0.05, 0.1) is 4.90 Å². The molecule has 6 nitrogen and oxygen atoms in total. The molecule has 0 saturated carbocycles. The number of carboxylic acid groups (broad SMARTS) is 1. The van der Waals surface area contributed by atoms with Crippen LogP contribution in [-0.4, -0.2) is 32.6 Å². The van der Waals surface area contributed by atoms with Crippen molar-refractivity contribution in [3.05, 3.63) is 24.3 Å². The molecule has 0 aliphatic carbocycles. The maximum atomic E-state index is 11.9. The molecule has 0 unspecified atom stereocenters. The van der Waals surface area contributed by atoms with Gasteiger partial charge in [-0.15, -0.1) is 0 Å². The number of unbranched alkanes of at least 4 members (excludes halogenated alkanes) is 2. The van der Waals surface area contributed by atoms with Gasteiger partial charge in [-0.05, 0) is 30.7 Å². The standard InChI is InChI=1S/C13H19NO5S/c1-2-3-4-9-14-20(17,18)12-7-5-11(6-8-12)19-10-13(15)16/h5-8,14H,2-4,9-10H2,1H3,(H,15,16). The van der Waals surface area contributed by atoms with Crippen molar-refractivity contribution in [1.82, 2.24) is 4.72 Å². The SMILES string of the molecule is CCCCCNS(=O)(=O)c1ccc(OCC(=O)O)cc1. The van der Waals surface area contributed by atoms with Crippen molar-refractivity contribution in [2.75, 3.05) is 13.2 Å². The number of carbonyl (C=O) groups is 1. The Labute approximate surface area is 118 Å². The Morgan fingerprint density at radius 3 is 2.45 bits per heavy atom. The molecule has 0 aromatic heterocycles. The second-order valence-corrected chi connectivity index (χ2v) is 6.03. The number of aliphatic carboxylic acids is 1. The maximum absolute atomic E-state index is 11.9. The first-order valence-corrected chi connectivity index (χ1v) is 7.88. The Hall–Kier alpha value is -1.60. The van der Waals surface area contributed by atoms with Crippen LogP contribution in [0.2, 0.25) is 0 Å². The van der Waals surface area contributed by atoms with Gasteiger partial charge in [-0.2, -0.15) is 0 Å². The second kappa shape index (κ2) is 7.86. The Balaban J connectivity index is 2.60. The number of ether oxygens (including phenoxy) is 1. The van der Waals surface area contributed by atoms with E-state index in [2.05, 4.69) is 4.72 Å². The maximum Gasteiger partial charge on any atom is 0.341 e. The van der Waals surface area contributed by atoms with Crippen molar-refractivity contribution in [3.8, 4) is 5.75 Å². The van der Waals surface area contributed by atoms with Crippen LogP contribution < -0.4 is 9.46 Å². The zero-order valence-electron chi connectivity index (χ0n) is 11.3. The van der Waals surface area contributed by atoms with Crippen LogP contribution in [0.5, 0.6) is 5.75 Å². The summed E-state index contributed by atoms with van der Waals surface area (Å²) in [5.74, 6) is -0.767. The smallest absolute Gasteiger partial charge is 0.341 e. The quantitative estimate of drug-likeness (QED) is 0.676. The van der Waals surface area contributed by atoms with E-state index in [0.717, 1.165) is 19.3 Å². The Morgan fingerprint density at radius 2 is 1.90 bits per heavy atom. The van der Waals surface area contributed by atoms with E-state index in [4.69, 9.17) is 9.84 Å². The van der Waals surface area contributed by atoms with Gasteiger partial charge in [-0.1, -0.05) is 19.8 Å². The van der Waals surface area contributed by atoms with Crippen LogP contribution >= 0.6 is 0 Å². The van der Waals surface area contributed by atoms with E-state index >= 15 is 0 Å². The first-order chi connectivity index (χ1) is 9.45. The molecule has 0 heterocycles. The Kier molecular flexibility index (Phi) is 6.47. The van der Waals surface area contributed by atoms with Gasteiger partial charge in [0.1, 0.15) is 5.75 Å². The minimum absolute atomic E-state index is 0.136. The number of carboxylic acids is 1. The predicted octanol–water partition coefficient (Wildman–Crippen LogP) is 1.62. The third kappa shape index (κ3) is 5.58. The molecule has 0 bridgehead atoms. The Bertz CT molecular complexity index is 524. The van der Waals surface area contributed by atoms with E-state index in [-0.39, 0.29) is 4.90 Å². The summed E-state index contributed by atoms with van der Waals surface area (Å²) in [6, 6.07) is 5.64. The zero-order chi connectivity index (χ0) is 15.0. The normalized spacial score (nSPS) is 11.2. The Morgan fingerprint density at radius 1 is 1.25 bits per heavy atom. The first-order valence-electron chi connectivity index (χ1n) is 6.40. The molecular formula is C13H19NO5S. The molecule has 2 N–H and O–H groups in total. The fourth-order valence-corrected chi connectivity index (χ4v) is 2.60. The monoisotopic (exact) mass is 301 g/mol. The van der Waals surface area contributed by atoms with Gasteiger partial charge in [-0.3, -0.25) is 0 Å². The summed E-state index contributed by atoms with van der Waals surface area (Å²) in [5, 5.41) is 8.47. The molecule has 0 saturated heterocycles. The molecule has 0 atom stereocenters. The third-order valence-corrected chi connectivity index (χ3v) is 4.05. The lowest BCUT2D eigenvalue weighted by Crippen LogP contribution is -2.24. The molecule has 0 fully saturated rings. The van der Waals surface area contributed by atoms with E-state index < -0.39 is 22.6 Å². The highest BCUT2D eigenvalue weighted by molar-refractivity contribution is 7.89. The van der Waals surface area contributed by atoms with Crippen molar-refractivity contribution < 1.29 is 23.1 Å². The molecule has 0 aliphatic heterocycles. The summed E-state index contributed by atoms with van der Waals surface area (Å²) in [4.78, 5) is 10.5. The summed E-state index contributed by atoms with van der Waals surface area (Å²) >= 11 is 0. The van der Waals surface area contributed by atoms with Crippen LogP contribution in [0.25, 0.3) is 0 Å². The van der Waals surface area contributed by atoms with Crippen LogP contribution in [0.15, 0.2) is 29.2 Å². The first kappa shape index (κ1) is 16.5. The number of sulfonamides is 1. The predicted molar refractivity (Wildman–Crippen MR) is 74.3 cm³/mol. The van der Waals surface area contributed by atoms with Gasteiger partial charge in [0.2, 0.25) is 10.0 Å². The third-order valence-electron chi connectivity index (χ3n) is 2.57. The number of hydrogen-bond acceptors (Lipinski definition) is 4. The van der Waals surface area contributed by atoms with Crippen molar-refractivity contribution in [2.24, 2.45) is 0 Å². The topological polar surface area (TPSA) is 92.7 Å². The van der Waals surface area contributed by atoms with Crippen LogP contribution in [0.4, 0.5) is 0 Å². The number of hydrogen-bond donors (Lipinski definition) is 2. The lowest BCUT2D eigenvalue weighted by atomic mass is 10.3. The average molecular weight is 301 g/mol. The highest BCUT2D eigenvalue weighted by Crippen LogP contribution is 2.15. The fraction of sp³-hybridized carbons (Fsp3) is 0.462. The number of nitrogens with one attached hydrogen (secondary N) is 1. The van der Waals surface area contributed by atoms with Crippen molar-refractivity contribution in [1.29, 1.82) is 0 Å². The lowest BCUT2D eigenvalue weighted by Gasteiger charge is -2.07. The average Bonchev–Trinajstić information content (AvgIpc) is 2.42. The molecular weight excluding hydrogens is 282 g/mol. The molecule has 1 aromatic carbocycles. The molecule has 0 aliphatic rings. The summed E-state index contributed by atoms with van der Waals surface area (Å²) in [5.41, 5.74) is 0. The lowest BCUT2D eigenvalue weighted by molar-refractivity contribution is -0.139. The van der Waals surface area contributed by atoms with E-state index in [9.17, 15) is 13.2 Å². The fourth-order valence-electron chi connectivity index (χ4n) is 1.52. The van der Waals surface area contributed by atoms with Crippen LogP contribution in [-0.2, 0) is 14.8 Å². The minimum atomic E-state index is -3.51. The summed E-state index contributed by atoms with van der Waals surface area (Å²) < 4.78 is 31.3. The molecule has 0 spiro atoms. The van der Waals surface area contributed by atoms with E-state index in [1.165, 1.54) is 24.3 Å². The van der Waals surface area contributed by atoms with Crippen molar-refractivity contribution in [2.45, 2.75) is 31.1 Å². The van der Waals surface area contributed by atoms with E-state index in [1.54, 1.807) is 0 Å². The molecule has 20 heavy (non-hydrogen) atoms. The summed E-state index contributed by atoms with van der Waals surface area (Å²) in [6.45, 7) is 2.00. The zero-order valence-corrected chi connectivity index (χ0v) is 12.1. The minimum Gasteiger partial charge on any atom is -0.482 e. The molecule has 0 amide bonds. The van der Waals surface area contributed by atoms with Crippen molar-refractivity contribution >= 4 is 16.0 Å². The van der Waals surface area contributed by atoms with Gasteiger partial charge in [0.15, 0.2) is 6.61 Å². The van der Waals surface area contributed by atoms with E-state index in [1.807, 2.05) is 6.92 Å². The largest absolute Gasteiger partial charge is 0.482 e. The van der Waals surface area contributed by atoms with Crippen LogP contribution in [0, 0.1) is 0 Å². The van der Waals surface area contributed by atoms with Gasteiger partial charge in [0, 0.05) is 6.54 Å². The summed E-state index contributed by atoms with van der Waals surface area (Å²) in [7, 11) is -3.51. The van der Waals surface area contributed by atoms with Gasteiger partial charge in [-0.25, -0.2) is 17.9 Å². The highest BCUT2D eigenvalue weighted by Gasteiger charge is 2.13. The van der Waals surface area contributed by atoms with Crippen LogP contribution in [0.1, 0.15) is 26.2 Å². The molecule has 7 heteroatoms.